The zero-order valence-corrected chi connectivity index (χ0v) is 14.8. The van der Waals surface area contributed by atoms with Gasteiger partial charge in [-0.3, -0.25) is 4.79 Å². The number of nitrogens with one attached hydrogen (secondary N) is 1. The normalized spacial score (nSPS) is 11.7. The first-order valence-electron chi connectivity index (χ1n) is 8.17. The minimum Gasteiger partial charge on any atom is -0.491 e. The molecule has 0 radical (unpaired) electrons. The van der Waals surface area contributed by atoms with E-state index in [4.69, 9.17) is 9.47 Å². The molecule has 4 heteroatoms. The van der Waals surface area contributed by atoms with E-state index in [9.17, 15) is 4.79 Å². The average Bonchev–Trinajstić information content (AvgIpc) is 2.55. The first-order valence-corrected chi connectivity index (χ1v) is 8.17. The lowest BCUT2D eigenvalue weighted by atomic mass is 10.1. The quantitative estimate of drug-likeness (QED) is 0.791. The zero-order chi connectivity index (χ0) is 17.5. The SMILES string of the molecule is Cc1cccc(O[C@@H](C)C(=O)NCCOc2cccc(C)c2C)c1. The fraction of sp³-hybridized carbons (Fsp3) is 0.350. The van der Waals surface area contributed by atoms with E-state index in [0.29, 0.717) is 18.9 Å². The number of ether oxygens (including phenoxy) is 2. The van der Waals surface area contributed by atoms with Gasteiger partial charge >= 0.3 is 0 Å². The monoisotopic (exact) mass is 327 g/mol. The Morgan fingerprint density at radius 2 is 1.88 bits per heavy atom. The van der Waals surface area contributed by atoms with Gasteiger partial charge in [0, 0.05) is 0 Å². The smallest absolute Gasteiger partial charge is 0.260 e. The lowest BCUT2D eigenvalue weighted by molar-refractivity contribution is -0.127. The van der Waals surface area contributed by atoms with E-state index in [1.165, 1.54) is 5.56 Å². The zero-order valence-electron chi connectivity index (χ0n) is 14.8. The van der Waals surface area contributed by atoms with Gasteiger partial charge in [0.2, 0.25) is 0 Å². The molecule has 1 amide bonds. The first kappa shape index (κ1) is 17.9. The van der Waals surface area contributed by atoms with Gasteiger partial charge in [0.25, 0.3) is 5.91 Å². The summed E-state index contributed by atoms with van der Waals surface area (Å²) in [5.41, 5.74) is 3.42. The van der Waals surface area contributed by atoms with E-state index in [2.05, 4.69) is 5.32 Å². The van der Waals surface area contributed by atoms with E-state index < -0.39 is 6.10 Å². The molecule has 24 heavy (non-hydrogen) atoms. The van der Waals surface area contributed by atoms with Crippen molar-refractivity contribution >= 4 is 5.91 Å². The average molecular weight is 327 g/mol. The molecule has 0 unspecified atom stereocenters. The standard InChI is InChI=1S/C20H25NO3/c1-14-7-5-9-18(13-14)24-17(4)20(22)21-11-12-23-19-10-6-8-15(2)16(19)3/h5-10,13,17H,11-12H2,1-4H3,(H,21,22)/t17-/m0/s1. The lowest BCUT2D eigenvalue weighted by Crippen LogP contribution is -2.38. The van der Waals surface area contributed by atoms with Crippen LogP contribution >= 0.6 is 0 Å². The van der Waals surface area contributed by atoms with Crippen molar-refractivity contribution in [3.8, 4) is 11.5 Å². The lowest BCUT2D eigenvalue weighted by Gasteiger charge is -2.16. The molecule has 0 heterocycles. The summed E-state index contributed by atoms with van der Waals surface area (Å²) in [5.74, 6) is 1.40. The van der Waals surface area contributed by atoms with Crippen LogP contribution in [0.3, 0.4) is 0 Å². The molecule has 0 fully saturated rings. The Morgan fingerprint density at radius 3 is 2.62 bits per heavy atom. The third-order valence-electron chi connectivity index (χ3n) is 3.89. The number of hydrogen-bond donors (Lipinski definition) is 1. The molecular formula is C20H25NO3. The Bertz CT molecular complexity index is 697. The molecule has 0 aromatic heterocycles. The number of rotatable bonds is 7. The van der Waals surface area contributed by atoms with Crippen molar-refractivity contribution < 1.29 is 14.3 Å². The maximum atomic E-state index is 12.1. The molecule has 0 saturated heterocycles. The fourth-order valence-electron chi connectivity index (χ4n) is 2.31. The predicted molar refractivity (Wildman–Crippen MR) is 95.7 cm³/mol. The summed E-state index contributed by atoms with van der Waals surface area (Å²) in [6.45, 7) is 8.67. The highest BCUT2D eigenvalue weighted by atomic mass is 16.5. The summed E-state index contributed by atoms with van der Waals surface area (Å²) in [6.07, 6.45) is -0.549. The van der Waals surface area contributed by atoms with Crippen molar-refractivity contribution in [1.29, 1.82) is 0 Å². The number of amides is 1. The van der Waals surface area contributed by atoms with Gasteiger partial charge in [-0.2, -0.15) is 0 Å². The van der Waals surface area contributed by atoms with E-state index in [0.717, 1.165) is 16.9 Å². The third kappa shape index (κ3) is 5.01. The van der Waals surface area contributed by atoms with Crippen molar-refractivity contribution in [1.82, 2.24) is 5.32 Å². The van der Waals surface area contributed by atoms with Gasteiger partial charge in [-0.15, -0.1) is 0 Å². The molecular weight excluding hydrogens is 302 g/mol. The van der Waals surface area contributed by atoms with Gasteiger partial charge in [0.15, 0.2) is 6.10 Å². The molecule has 4 nitrogen and oxygen atoms in total. The van der Waals surface area contributed by atoms with Crippen molar-refractivity contribution in [3.63, 3.8) is 0 Å². The van der Waals surface area contributed by atoms with Crippen LogP contribution < -0.4 is 14.8 Å². The summed E-state index contributed by atoms with van der Waals surface area (Å²) in [5, 5.41) is 2.83. The Kier molecular flexibility index (Phi) is 6.24. The molecule has 2 aromatic carbocycles. The van der Waals surface area contributed by atoms with Gasteiger partial charge in [-0.05, 0) is 62.6 Å². The van der Waals surface area contributed by atoms with Crippen molar-refractivity contribution in [3.05, 3.63) is 59.2 Å². The van der Waals surface area contributed by atoms with Crippen LogP contribution in [0, 0.1) is 20.8 Å². The molecule has 0 bridgehead atoms. The second kappa shape index (κ2) is 8.39. The minimum atomic E-state index is -0.549. The summed E-state index contributed by atoms with van der Waals surface area (Å²) in [6, 6.07) is 13.6. The fourth-order valence-corrected chi connectivity index (χ4v) is 2.31. The van der Waals surface area contributed by atoms with Crippen LogP contribution in [0.25, 0.3) is 0 Å². The van der Waals surface area contributed by atoms with Crippen LogP contribution in [0.4, 0.5) is 0 Å². The van der Waals surface area contributed by atoms with Crippen molar-refractivity contribution in [2.75, 3.05) is 13.2 Å². The van der Waals surface area contributed by atoms with Crippen molar-refractivity contribution in [2.24, 2.45) is 0 Å². The predicted octanol–water partition coefficient (Wildman–Crippen LogP) is 3.57. The summed E-state index contributed by atoms with van der Waals surface area (Å²) in [7, 11) is 0. The number of aryl methyl sites for hydroxylation is 2. The Hall–Kier alpha value is -2.49. The molecule has 0 saturated carbocycles. The third-order valence-corrected chi connectivity index (χ3v) is 3.89. The number of hydrogen-bond acceptors (Lipinski definition) is 3. The van der Waals surface area contributed by atoms with Crippen LogP contribution in [0.5, 0.6) is 11.5 Å². The maximum Gasteiger partial charge on any atom is 0.260 e. The van der Waals surface area contributed by atoms with Gasteiger partial charge in [-0.1, -0.05) is 24.3 Å². The molecule has 0 aliphatic heterocycles. The van der Waals surface area contributed by atoms with E-state index >= 15 is 0 Å². The minimum absolute atomic E-state index is 0.152. The molecule has 1 N–H and O–H groups in total. The van der Waals surface area contributed by atoms with E-state index in [1.807, 2.05) is 63.2 Å². The van der Waals surface area contributed by atoms with E-state index in [-0.39, 0.29) is 5.91 Å². The van der Waals surface area contributed by atoms with E-state index in [1.54, 1.807) is 6.92 Å². The largest absolute Gasteiger partial charge is 0.491 e. The van der Waals surface area contributed by atoms with Crippen LogP contribution in [0.15, 0.2) is 42.5 Å². The highest BCUT2D eigenvalue weighted by Crippen LogP contribution is 2.20. The van der Waals surface area contributed by atoms with Gasteiger partial charge in [-0.25, -0.2) is 0 Å². The summed E-state index contributed by atoms with van der Waals surface area (Å²) in [4.78, 5) is 12.1. The molecule has 0 aliphatic carbocycles. The molecule has 0 aliphatic rings. The van der Waals surface area contributed by atoms with Crippen LogP contribution in [-0.4, -0.2) is 25.2 Å². The van der Waals surface area contributed by atoms with Crippen LogP contribution in [0.1, 0.15) is 23.6 Å². The summed E-state index contributed by atoms with van der Waals surface area (Å²) < 4.78 is 11.4. The molecule has 128 valence electrons. The summed E-state index contributed by atoms with van der Waals surface area (Å²) >= 11 is 0. The Balaban J connectivity index is 1.75. The number of carbonyl (C=O) groups excluding carboxylic acids is 1. The maximum absolute atomic E-state index is 12.1. The number of carbonyl (C=O) groups is 1. The first-order chi connectivity index (χ1) is 11.5. The highest BCUT2D eigenvalue weighted by molar-refractivity contribution is 5.80. The van der Waals surface area contributed by atoms with Gasteiger partial charge < -0.3 is 14.8 Å². The molecule has 1 atom stereocenters. The second-order valence-corrected chi connectivity index (χ2v) is 5.91. The Morgan fingerprint density at radius 1 is 1.12 bits per heavy atom. The van der Waals surface area contributed by atoms with Crippen LogP contribution in [-0.2, 0) is 4.79 Å². The van der Waals surface area contributed by atoms with Crippen molar-refractivity contribution in [2.45, 2.75) is 33.8 Å². The topological polar surface area (TPSA) is 47.6 Å². The molecule has 2 rings (SSSR count). The number of benzene rings is 2. The molecule has 2 aromatic rings. The Labute approximate surface area is 143 Å². The second-order valence-electron chi connectivity index (χ2n) is 5.91. The van der Waals surface area contributed by atoms with Crippen LogP contribution in [0.2, 0.25) is 0 Å². The highest BCUT2D eigenvalue weighted by Gasteiger charge is 2.14. The molecule has 0 spiro atoms. The van der Waals surface area contributed by atoms with Gasteiger partial charge in [0.05, 0.1) is 6.54 Å². The van der Waals surface area contributed by atoms with Gasteiger partial charge in [0.1, 0.15) is 18.1 Å².